The Hall–Kier alpha value is -1.49. The highest BCUT2D eigenvalue weighted by atomic mass is 19.1. The number of carbonyl (C=O) groups excluding carboxylic acids is 1. The predicted molar refractivity (Wildman–Crippen MR) is 55.5 cm³/mol. The molecule has 0 unspecified atom stereocenters. The van der Waals surface area contributed by atoms with Crippen LogP contribution in [0.5, 0.6) is 5.75 Å². The molecule has 1 aromatic rings. The van der Waals surface area contributed by atoms with E-state index in [-0.39, 0.29) is 5.92 Å². The molecule has 0 N–H and O–H groups in total. The van der Waals surface area contributed by atoms with Gasteiger partial charge >= 0.3 is 5.97 Å². The summed E-state index contributed by atoms with van der Waals surface area (Å²) in [6, 6.07) is 3.32. The summed E-state index contributed by atoms with van der Waals surface area (Å²) in [4.78, 5) is 11.7. The van der Waals surface area contributed by atoms with Crippen molar-refractivity contribution in [3.05, 3.63) is 29.8 Å². The zero-order valence-corrected chi connectivity index (χ0v) is 9.12. The number of halogens is 2. The Morgan fingerprint density at radius 1 is 1.24 bits per heavy atom. The molecule has 17 heavy (non-hydrogen) atoms. The highest BCUT2D eigenvalue weighted by Crippen LogP contribution is 2.24. The van der Waals surface area contributed by atoms with Gasteiger partial charge in [0.2, 0.25) is 5.75 Å². The number of rotatable bonds is 2. The molecule has 1 aromatic carbocycles. The van der Waals surface area contributed by atoms with Crippen LogP contribution in [-0.2, 0) is 9.53 Å². The van der Waals surface area contributed by atoms with Gasteiger partial charge in [-0.1, -0.05) is 6.07 Å². The first kappa shape index (κ1) is 12.0. The van der Waals surface area contributed by atoms with Crippen molar-refractivity contribution in [1.29, 1.82) is 0 Å². The van der Waals surface area contributed by atoms with Crippen LogP contribution in [0.15, 0.2) is 18.2 Å². The summed E-state index contributed by atoms with van der Waals surface area (Å²) in [5.74, 6) is -3.31. The molecule has 0 saturated carbocycles. The van der Waals surface area contributed by atoms with Gasteiger partial charge in [-0.3, -0.25) is 4.79 Å². The fourth-order valence-electron chi connectivity index (χ4n) is 1.70. The van der Waals surface area contributed by atoms with Gasteiger partial charge in [0.05, 0.1) is 5.92 Å². The van der Waals surface area contributed by atoms with Gasteiger partial charge in [0.15, 0.2) is 11.6 Å². The maximum atomic E-state index is 13.2. The molecule has 0 atom stereocenters. The van der Waals surface area contributed by atoms with E-state index in [9.17, 15) is 13.6 Å². The van der Waals surface area contributed by atoms with E-state index < -0.39 is 23.4 Å². The van der Waals surface area contributed by atoms with E-state index in [1.165, 1.54) is 6.07 Å². The Kier molecular flexibility index (Phi) is 3.68. The Morgan fingerprint density at radius 3 is 2.41 bits per heavy atom. The first-order valence-corrected chi connectivity index (χ1v) is 5.42. The smallest absolute Gasteiger partial charge is 0.314 e. The average Bonchev–Trinajstić information content (AvgIpc) is 2.35. The zero-order chi connectivity index (χ0) is 12.3. The molecule has 0 aromatic heterocycles. The van der Waals surface area contributed by atoms with Crippen LogP contribution < -0.4 is 4.74 Å². The Morgan fingerprint density at radius 2 is 1.82 bits per heavy atom. The fraction of sp³-hybridized carbons (Fsp3) is 0.417. The zero-order valence-electron chi connectivity index (χ0n) is 9.12. The summed E-state index contributed by atoms with van der Waals surface area (Å²) in [7, 11) is 0. The topological polar surface area (TPSA) is 35.5 Å². The van der Waals surface area contributed by atoms with Crippen LogP contribution >= 0.6 is 0 Å². The van der Waals surface area contributed by atoms with Crippen molar-refractivity contribution in [3.63, 3.8) is 0 Å². The van der Waals surface area contributed by atoms with E-state index in [2.05, 4.69) is 0 Å². The number of para-hydroxylation sites is 1. The van der Waals surface area contributed by atoms with Crippen molar-refractivity contribution in [3.8, 4) is 5.75 Å². The number of ether oxygens (including phenoxy) is 2. The van der Waals surface area contributed by atoms with Crippen molar-refractivity contribution in [1.82, 2.24) is 0 Å². The summed E-state index contributed by atoms with van der Waals surface area (Å²) in [5, 5.41) is 0. The van der Waals surface area contributed by atoms with Crippen LogP contribution in [0.3, 0.4) is 0 Å². The maximum absolute atomic E-state index is 13.2. The first-order chi connectivity index (χ1) is 8.18. The Balaban J connectivity index is 2.07. The van der Waals surface area contributed by atoms with E-state index in [1.807, 2.05) is 0 Å². The standard InChI is InChI=1S/C12H12F2O3/c13-9-2-1-3-10(14)11(9)17-12(15)8-4-6-16-7-5-8/h1-3,8H,4-7H2. The van der Waals surface area contributed by atoms with Gasteiger partial charge in [-0.25, -0.2) is 8.78 Å². The second-order valence-corrected chi connectivity index (χ2v) is 3.86. The van der Waals surface area contributed by atoms with Gasteiger partial charge in [-0.05, 0) is 25.0 Å². The van der Waals surface area contributed by atoms with Gasteiger partial charge in [0.1, 0.15) is 0 Å². The summed E-state index contributed by atoms with van der Waals surface area (Å²) < 4.78 is 36.3. The second-order valence-electron chi connectivity index (χ2n) is 3.86. The van der Waals surface area contributed by atoms with Gasteiger partial charge in [-0.2, -0.15) is 0 Å². The predicted octanol–water partition coefficient (Wildman–Crippen LogP) is 2.30. The van der Waals surface area contributed by atoms with Crippen LogP contribution in [0.25, 0.3) is 0 Å². The third-order valence-electron chi connectivity index (χ3n) is 2.68. The summed E-state index contributed by atoms with van der Waals surface area (Å²) in [6.45, 7) is 0.943. The lowest BCUT2D eigenvalue weighted by Crippen LogP contribution is -2.27. The summed E-state index contributed by atoms with van der Waals surface area (Å²) >= 11 is 0. The number of esters is 1. The molecule has 0 bridgehead atoms. The molecule has 5 heteroatoms. The molecule has 1 heterocycles. The number of carbonyl (C=O) groups is 1. The van der Waals surface area contributed by atoms with Crippen LogP contribution in [0.1, 0.15) is 12.8 Å². The van der Waals surface area contributed by atoms with Crippen molar-refractivity contribution >= 4 is 5.97 Å². The molecule has 0 radical (unpaired) electrons. The lowest BCUT2D eigenvalue weighted by atomic mass is 10.0. The van der Waals surface area contributed by atoms with E-state index in [0.717, 1.165) is 12.1 Å². The number of hydrogen-bond donors (Lipinski definition) is 0. The molecule has 1 saturated heterocycles. The highest BCUT2D eigenvalue weighted by Gasteiger charge is 2.25. The lowest BCUT2D eigenvalue weighted by Gasteiger charge is -2.20. The van der Waals surface area contributed by atoms with Crippen LogP contribution in [0.4, 0.5) is 8.78 Å². The number of hydrogen-bond acceptors (Lipinski definition) is 3. The van der Waals surface area contributed by atoms with E-state index in [4.69, 9.17) is 9.47 Å². The molecule has 92 valence electrons. The Bertz CT molecular complexity index is 394. The molecule has 0 spiro atoms. The minimum absolute atomic E-state index is 0.345. The molecule has 2 rings (SSSR count). The average molecular weight is 242 g/mol. The minimum Gasteiger partial charge on any atom is -0.420 e. The van der Waals surface area contributed by atoms with E-state index in [1.54, 1.807) is 0 Å². The van der Waals surface area contributed by atoms with E-state index in [0.29, 0.717) is 26.1 Å². The first-order valence-electron chi connectivity index (χ1n) is 5.42. The lowest BCUT2D eigenvalue weighted by molar-refractivity contribution is -0.142. The summed E-state index contributed by atoms with van der Waals surface area (Å²) in [5.41, 5.74) is 0. The third kappa shape index (κ3) is 2.79. The van der Waals surface area contributed by atoms with Crippen LogP contribution in [0, 0.1) is 17.6 Å². The SMILES string of the molecule is O=C(Oc1c(F)cccc1F)C1CCOCC1. The molecular weight excluding hydrogens is 230 g/mol. The molecule has 0 amide bonds. The maximum Gasteiger partial charge on any atom is 0.314 e. The van der Waals surface area contributed by atoms with Crippen molar-refractivity contribution in [2.24, 2.45) is 5.92 Å². The van der Waals surface area contributed by atoms with Crippen molar-refractivity contribution in [2.75, 3.05) is 13.2 Å². The van der Waals surface area contributed by atoms with Crippen LogP contribution in [0.2, 0.25) is 0 Å². The summed E-state index contributed by atoms with van der Waals surface area (Å²) in [6.07, 6.45) is 1.05. The van der Waals surface area contributed by atoms with Crippen LogP contribution in [-0.4, -0.2) is 19.2 Å². The molecule has 3 nitrogen and oxygen atoms in total. The monoisotopic (exact) mass is 242 g/mol. The molecule has 1 aliphatic rings. The highest BCUT2D eigenvalue weighted by molar-refractivity contribution is 5.75. The third-order valence-corrected chi connectivity index (χ3v) is 2.68. The molecular formula is C12H12F2O3. The Labute approximate surface area is 97.3 Å². The van der Waals surface area contributed by atoms with Gasteiger partial charge in [-0.15, -0.1) is 0 Å². The molecule has 0 aliphatic carbocycles. The quantitative estimate of drug-likeness (QED) is 0.589. The van der Waals surface area contributed by atoms with Gasteiger partial charge in [0.25, 0.3) is 0 Å². The second kappa shape index (κ2) is 5.23. The normalized spacial score (nSPS) is 16.8. The van der Waals surface area contributed by atoms with Gasteiger partial charge < -0.3 is 9.47 Å². The van der Waals surface area contributed by atoms with Crippen molar-refractivity contribution in [2.45, 2.75) is 12.8 Å². The minimum atomic E-state index is -0.870. The molecule has 1 aliphatic heterocycles. The molecule has 1 fully saturated rings. The fourth-order valence-corrected chi connectivity index (χ4v) is 1.70. The number of benzene rings is 1. The van der Waals surface area contributed by atoms with Crippen molar-refractivity contribution < 1.29 is 23.0 Å². The van der Waals surface area contributed by atoms with Gasteiger partial charge in [0, 0.05) is 13.2 Å². The van der Waals surface area contributed by atoms with E-state index >= 15 is 0 Å². The largest absolute Gasteiger partial charge is 0.420 e.